The number of benzene rings is 1. The first kappa shape index (κ1) is 19.1. The molecule has 0 spiro atoms. The Morgan fingerprint density at radius 2 is 2.00 bits per heavy atom. The zero-order chi connectivity index (χ0) is 19.1. The molecule has 1 aliphatic rings. The molecule has 1 atom stereocenters. The molecule has 0 bridgehead atoms. The van der Waals surface area contributed by atoms with Gasteiger partial charge in [-0.25, -0.2) is 0 Å². The number of amides is 1. The van der Waals surface area contributed by atoms with Gasteiger partial charge in [0, 0.05) is 37.4 Å². The number of hydrogen-bond acceptors (Lipinski definition) is 6. The highest BCUT2D eigenvalue weighted by Crippen LogP contribution is 2.31. The van der Waals surface area contributed by atoms with Crippen LogP contribution in [0.4, 0.5) is 5.69 Å². The number of carbonyl (C=O) groups is 1. The van der Waals surface area contributed by atoms with Crippen molar-refractivity contribution in [1.82, 2.24) is 4.98 Å². The molecule has 1 aliphatic heterocycles. The normalized spacial score (nSPS) is 15.8. The number of anilines is 1. The van der Waals surface area contributed by atoms with Crippen molar-refractivity contribution >= 4 is 11.6 Å². The third kappa shape index (κ3) is 5.18. The third-order valence-electron chi connectivity index (χ3n) is 4.65. The topological polar surface area (TPSA) is 95.7 Å². The van der Waals surface area contributed by atoms with Crippen LogP contribution in [-0.4, -0.2) is 37.3 Å². The van der Waals surface area contributed by atoms with Crippen LogP contribution in [0.3, 0.4) is 0 Å². The van der Waals surface area contributed by atoms with Gasteiger partial charge < -0.3 is 25.3 Å². The van der Waals surface area contributed by atoms with Crippen molar-refractivity contribution in [2.75, 3.05) is 25.6 Å². The second-order valence-corrected chi connectivity index (χ2v) is 6.47. The third-order valence-corrected chi connectivity index (χ3v) is 4.65. The molecule has 1 fully saturated rings. The van der Waals surface area contributed by atoms with Crippen molar-refractivity contribution in [3.05, 3.63) is 48.3 Å². The lowest BCUT2D eigenvalue weighted by atomic mass is 9.92. The van der Waals surface area contributed by atoms with E-state index in [1.54, 1.807) is 37.7 Å². The van der Waals surface area contributed by atoms with Gasteiger partial charge in [-0.1, -0.05) is 0 Å². The number of ether oxygens (including phenoxy) is 3. The van der Waals surface area contributed by atoms with Crippen LogP contribution < -0.4 is 20.5 Å². The summed E-state index contributed by atoms with van der Waals surface area (Å²) >= 11 is 0. The smallest absolute Gasteiger partial charge is 0.241 e. The lowest BCUT2D eigenvalue weighted by Crippen LogP contribution is -2.44. The molecule has 27 heavy (non-hydrogen) atoms. The van der Waals surface area contributed by atoms with Crippen molar-refractivity contribution in [2.24, 2.45) is 11.7 Å². The first-order valence-electron chi connectivity index (χ1n) is 9.01. The maximum Gasteiger partial charge on any atom is 0.241 e. The van der Waals surface area contributed by atoms with Crippen LogP contribution in [0.2, 0.25) is 0 Å². The first-order valence-corrected chi connectivity index (χ1v) is 9.01. The highest BCUT2D eigenvalue weighted by Gasteiger charge is 2.26. The maximum absolute atomic E-state index is 12.5. The number of hydrogen-bond donors (Lipinski definition) is 2. The summed E-state index contributed by atoms with van der Waals surface area (Å²) in [5, 5.41) is 2.88. The summed E-state index contributed by atoms with van der Waals surface area (Å²) in [6.45, 7) is 1.68. The van der Waals surface area contributed by atoms with Crippen LogP contribution in [-0.2, 0) is 16.1 Å². The Morgan fingerprint density at radius 1 is 1.26 bits per heavy atom. The summed E-state index contributed by atoms with van der Waals surface area (Å²) in [5.41, 5.74) is 7.75. The van der Waals surface area contributed by atoms with E-state index in [0.717, 1.165) is 18.4 Å². The Balaban J connectivity index is 1.65. The van der Waals surface area contributed by atoms with Gasteiger partial charge in [0.05, 0.1) is 13.2 Å². The summed E-state index contributed by atoms with van der Waals surface area (Å²) in [4.78, 5) is 16.5. The van der Waals surface area contributed by atoms with Gasteiger partial charge in [0.2, 0.25) is 5.91 Å². The second kappa shape index (κ2) is 9.34. The number of carbonyl (C=O) groups excluding carboxylic acids is 1. The van der Waals surface area contributed by atoms with Crippen LogP contribution in [0.15, 0.2) is 42.7 Å². The second-order valence-electron chi connectivity index (χ2n) is 6.47. The van der Waals surface area contributed by atoms with Crippen LogP contribution in [0.25, 0.3) is 0 Å². The van der Waals surface area contributed by atoms with Gasteiger partial charge in [0.25, 0.3) is 0 Å². The molecule has 144 valence electrons. The predicted octanol–water partition coefficient (Wildman–Crippen LogP) is 2.36. The van der Waals surface area contributed by atoms with Crippen LogP contribution in [0.5, 0.6) is 11.5 Å². The van der Waals surface area contributed by atoms with E-state index >= 15 is 0 Å². The van der Waals surface area contributed by atoms with Gasteiger partial charge in [-0.3, -0.25) is 9.78 Å². The Labute approximate surface area is 158 Å². The highest BCUT2D eigenvalue weighted by molar-refractivity contribution is 5.95. The van der Waals surface area contributed by atoms with Crippen molar-refractivity contribution in [1.29, 1.82) is 0 Å². The average molecular weight is 371 g/mol. The molecule has 0 saturated carbocycles. The van der Waals surface area contributed by atoms with E-state index in [9.17, 15) is 4.79 Å². The molecule has 7 nitrogen and oxygen atoms in total. The zero-order valence-electron chi connectivity index (χ0n) is 15.4. The van der Waals surface area contributed by atoms with E-state index < -0.39 is 6.04 Å². The Morgan fingerprint density at radius 3 is 2.70 bits per heavy atom. The predicted molar refractivity (Wildman–Crippen MR) is 102 cm³/mol. The first-order chi connectivity index (χ1) is 13.2. The lowest BCUT2D eigenvalue weighted by Gasteiger charge is -2.26. The average Bonchev–Trinajstić information content (AvgIpc) is 2.73. The molecule has 3 N–H and O–H groups in total. The quantitative estimate of drug-likeness (QED) is 0.776. The van der Waals surface area contributed by atoms with Crippen LogP contribution in [0, 0.1) is 5.92 Å². The van der Waals surface area contributed by atoms with Gasteiger partial charge in [-0.15, -0.1) is 0 Å². The SMILES string of the molecule is COc1ccc(NC(=O)C(N)C2CCOCC2)cc1OCc1ccncc1. The van der Waals surface area contributed by atoms with Gasteiger partial charge in [0.15, 0.2) is 11.5 Å². The van der Waals surface area contributed by atoms with E-state index in [4.69, 9.17) is 19.9 Å². The van der Waals surface area contributed by atoms with E-state index in [1.165, 1.54) is 0 Å². The summed E-state index contributed by atoms with van der Waals surface area (Å²) in [7, 11) is 1.58. The molecule has 2 aromatic rings. The lowest BCUT2D eigenvalue weighted by molar-refractivity contribution is -0.119. The highest BCUT2D eigenvalue weighted by atomic mass is 16.5. The van der Waals surface area contributed by atoms with Crippen molar-refractivity contribution in [2.45, 2.75) is 25.5 Å². The van der Waals surface area contributed by atoms with Crippen molar-refractivity contribution < 1.29 is 19.0 Å². The number of nitrogens with zero attached hydrogens (tertiary/aromatic N) is 1. The molecular formula is C20H25N3O4. The molecular weight excluding hydrogens is 346 g/mol. The largest absolute Gasteiger partial charge is 0.493 e. The summed E-state index contributed by atoms with van der Waals surface area (Å²) in [5.74, 6) is 1.08. The number of methoxy groups -OCH3 is 1. The molecule has 0 aliphatic carbocycles. The summed E-state index contributed by atoms with van der Waals surface area (Å²) in [6.07, 6.45) is 5.03. The number of aromatic nitrogens is 1. The number of nitrogens with one attached hydrogen (secondary N) is 1. The van der Waals surface area contributed by atoms with Gasteiger partial charge in [0.1, 0.15) is 6.61 Å². The number of rotatable bonds is 7. The minimum atomic E-state index is -0.558. The maximum atomic E-state index is 12.5. The summed E-state index contributed by atoms with van der Waals surface area (Å²) < 4.78 is 16.5. The zero-order valence-corrected chi connectivity index (χ0v) is 15.4. The fraction of sp³-hybridized carbons (Fsp3) is 0.400. The van der Waals surface area contributed by atoms with Gasteiger partial charge in [-0.05, 0) is 48.6 Å². The molecule has 1 unspecified atom stereocenters. The van der Waals surface area contributed by atoms with Crippen molar-refractivity contribution in [3.8, 4) is 11.5 Å². The standard InChI is InChI=1S/C20H25N3O4/c1-25-17-3-2-16(12-18(17)27-13-14-4-8-22-9-5-14)23-20(24)19(21)15-6-10-26-11-7-15/h2-5,8-9,12,15,19H,6-7,10-11,13,21H2,1H3,(H,23,24). The fourth-order valence-corrected chi connectivity index (χ4v) is 3.02. The number of nitrogens with two attached hydrogens (primary N) is 1. The Kier molecular flexibility index (Phi) is 6.62. The summed E-state index contributed by atoms with van der Waals surface area (Å²) in [6, 6.07) is 8.48. The molecule has 1 aromatic heterocycles. The Hall–Kier alpha value is -2.64. The molecule has 0 radical (unpaired) electrons. The Bertz CT molecular complexity index is 748. The minimum absolute atomic E-state index is 0.138. The minimum Gasteiger partial charge on any atom is -0.493 e. The monoisotopic (exact) mass is 371 g/mol. The van der Waals surface area contributed by atoms with E-state index in [-0.39, 0.29) is 11.8 Å². The molecule has 1 aromatic carbocycles. The van der Waals surface area contributed by atoms with Crippen LogP contribution in [0.1, 0.15) is 18.4 Å². The molecule has 3 rings (SSSR count). The molecule has 2 heterocycles. The molecule has 1 saturated heterocycles. The van der Waals surface area contributed by atoms with Crippen molar-refractivity contribution in [3.63, 3.8) is 0 Å². The van der Waals surface area contributed by atoms with E-state index in [2.05, 4.69) is 10.3 Å². The van der Waals surface area contributed by atoms with Gasteiger partial charge >= 0.3 is 0 Å². The molecule has 7 heteroatoms. The number of pyridine rings is 1. The van der Waals surface area contributed by atoms with E-state index in [1.807, 2.05) is 12.1 Å². The van der Waals surface area contributed by atoms with Gasteiger partial charge in [-0.2, -0.15) is 0 Å². The van der Waals surface area contributed by atoms with Crippen LogP contribution >= 0.6 is 0 Å². The molecule has 1 amide bonds. The fourth-order valence-electron chi connectivity index (χ4n) is 3.02. The van der Waals surface area contributed by atoms with E-state index in [0.29, 0.717) is 37.0 Å².